The minimum absolute atomic E-state index is 0.00337. The van der Waals surface area contributed by atoms with Gasteiger partial charge in [-0.25, -0.2) is 0 Å². The summed E-state index contributed by atoms with van der Waals surface area (Å²) in [5, 5.41) is 10.1. The summed E-state index contributed by atoms with van der Waals surface area (Å²) < 4.78 is 5.57. The van der Waals surface area contributed by atoms with Gasteiger partial charge in [-0.2, -0.15) is 0 Å². The minimum atomic E-state index is -0.816. The van der Waals surface area contributed by atoms with Crippen LogP contribution in [0.4, 0.5) is 0 Å². The first-order valence-corrected chi connectivity index (χ1v) is 8.63. The van der Waals surface area contributed by atoms with Crippen LogP contribution in [-0.4, -0.2) is 41.6 Å². The van der Waals surface area contributed by atoms with Crippen molar-refractivity contribution in [1.29, 1.82) is 0 Å². The van der Waals surface area contributed by atoms with Crippen LogP contribution in [0.15, 0.2) is 24.3 Å². The van der Waals surface area contributed by atoms with Gasteiger partial charge in [0.1, 0.15) is 5.75 Å². The number of ether oxygens (including phenoxy) is 1. The summed E-state index contributed by atoms with van der Waals surface area (Å²) in [6.45, 7) is 5.01. The first-order valence-electron chi connectivity index (χ1n) is 8.25. The van der Waals surface area contributed by atoms with E-state index in [1.807, 2.05) is 26.0 Å². The number of benzene rings is 1. The number of carboxylic acid groups (broad SMARTS) is 1. The molecule has 1 aliphatic rings. The van der Waals surface area contributed by atoms with Crippen LogP contribution in [0.5, 0.6) is 5.75 Å². The first-order chi connectivity index (χ1) is 11.4. The van der Waals surface area contributed by atoms with Crippen molar-refractivity contribution in [1.82, 2.24) is 4.90 Å². The summed E-state index contributed by atoms with van der Waals surface area (Å²) in [6.07, 6.45) is 1.43. The molecule has 1 heterocycles. The molecular formula is C18H24ClNO4. The predicted molar refractivity (Wildman–Crippen MR) is 92.3 cm³/mol. The third kappa shape index (κ3) is 4.01. The van der Waals surface area contributed by atoms with E-state index in [9.17, 15) is 14.7 Å². The Bertz CT molecular complexity index is 604. The highest BCUT2D eigenvalue weighted by atomic mass is 35.5. The largest absolute Gasteiger partial charge is 0.492 e. The van der Waals surface area contributed by atoms with Crippen LogP contribution >= 0.6 is 11.6 Å². The van der Waals surface area contributed by atoms with Crippen molar-refractivity contribution in [2.24, 2.45) is 11.3 Å². The van der Waals surface area contributed by atoms with Crippen molar-refractivity contribution in [3.05, 3.63) is 29.3 Å². The van der Waals surface area contributed by atoms with Crippen LogP contribution in [0.3, 0.4) is 0 Å². The van der Waals surface area contributed by atoms with E-state index in [0.717, 1.165) is 0 Å². The summed E-state index contributed by atoms with van der Waals surface area (Å²) in [6, 6.07) is 7.21. The fourth-order valence-electron chi connectivity index (χ4n) is 3.06. The van der Waals surface area contributed by atoms with E-state index in [1.54, 1.807) is 17.0 Å². The van der Waals surface area contributed by atoms with E-state index < -0.39 is 11.4 Å². The van der Waals surface area contributed by atoms with Gasteiger partial charge in [0.2, 0.25) is 5.91 Å². The number of nitrogens with zero attached hydrogens (tertiary/aromatic N) is 1. The number of halogens is 1. The Morgan fingerprint density at radius 1 is 1.38 bits per heavy atom. The van der Waals surface area contributed by atoms with Crippen molar-refractivity contribution >= 4 is 23.5 Å². The Hall–Kier alpha value is -1.75. The maximum absolute atomic E-state index is 12.3. The van der Waals surface area contributed by atoms with Gasteiger partial charge in [0.15, 0.2) is 0 Å². The number of aliphatic carboxylic acids is 1. The zero-order valence-electron chi connectivity index (χ0n) is 14.1. The number of likely N-dealkylation sites (tertiary alicyclic amines) is 1. The molecule has 0 aromatic heterocycles. The fraction of sp³-hybridized carbons (Fsp3) is 0.556. The summed E-state index contributed by atoms with van der Waals surface area (Å²) in [5.74, 6) is -0.217. The lowest BCUT2D eigenvalue weighted by molar-refractivity contribution is -0.151. The summed E-state index contributed by atoms with van der Waals surface area (Å²) >= 11 is 6.00. The maximum atomic E-state index is 12.3. The van der Waals surface area contributed by atoms with Crippen LogP contribution in [-0.2, 0) is 9.59 Å². The third-order valence-corrected chi connectivity index (χ3v) is 5.13. The van der Waals surface area contributed by atoms with Crippen molar-refractivity contribution < 1.29 is 19.4 Å². The van der Waals surface area contributed by atoms with Gasteiger partial charge >= 0.3 is 5.97 Å². The quantitative estimate of drug-likeness (QED) is 0.762. The molecule has 132 valence electrons. The standard InChI is InChI=1S/C18H24ClNO4/c1-13(2)18(17(22)23)9-10-20(12-18)16(21)8-5-11-24-15-7-4-3-6-14(15)19/h3-4,6-7,13H,5,8-12H2,1-2H3,(H,22,23). The topological polar surface area (TPSA) is 66.8 Å². The second-order valence-corrected chi connectivity index (χ2v) is 6.97. The Kier molecular flexibility index (Phi) is 6.10. The molecule has 0 bridgehead atoms. The molecule has 1 aromatic rings. The summed E-state index contributed by atoms with van der Waals surface area (Å²) in [5.41, 5.74) is -0.816. The van der Waals surface area contributed by atoms with Gasteiger partial charge in [-0.05, 0) is 30.9 Å². The highest BCUT2D eigenvalue weighted by Gasteiger charge is 2.48. The molecular weight excluding hydrogens is 330 g/mol. The van der Waals surface area contributed by atoms with Crippen LogP contribution in [0, 0.1) is 11.3 Å². The Morgan fingerprint density at radius 2 is 2.08 bits per heavy atom. The first kappa shape index (κ1) is 18.6. The number of carboxylic acids is 1. The SMILES string of the molecule is CC(C)C1(C(=O)O)CCN(C(=O)CCCOc2ccccc2Cl)C1. The van der Waals surface area contributed by atoms with Gasteiger partial charge in [0.25, 0.3) is 0 Å². The van der Waals surface area contributed by atoms with Crippen molar-refractivity contribution in [3.8, 4) is 5.75 Å². The normalized spacial score (nSPS) is 20.4. The number of carbonyl (C=O) groups excluding carboxylic acids is 1. The smallest absolute Gasteiger partial charge is 0.311 e. The lowest BCUT2D eigenvalue weighted by atomic mass is 9.76. The lowest BCUT2D eigenvalue weighted by Gasteiger charge is -2.28. The van der Waals surface area contributed by atoms with Crippen LogP contribution in [0.1, 0.15) is 33.1 Å². The maximum Gasteiger partial charge on any atom is 0.311 e. The van der Waals surface area contributed by atoms with E-state index in [4.69, 9.17) is 16.3 Å². The van der Waals surface area contributed by atoms with Crippen molar-refractivity contribution in [2.75, 3.05) is 19.7 Å². The molecule has 0 radical (unpaired) electrons. The third-order valence-electron chi connectivity index (χ3n) is 4.81. The summed E-state index contributed by atoms with van der Waals surface area (Å²) in [4.78, 5) is 25.6. The number of hydrogen-bond donors (Lipinski definition) is 1. The number of para-hydroxylation sites is 1. The number of amides is 1. The van der Waals surface area contributed by atoms with Crippen LogP contribution < -0.4 is 4.74 Å². The van der Waals surface area contributed by atoms with Gasteiger partial charge in [-0.1, -0.05) is 37.6 Å². The van der Waals surface area contributed by atoms with Crippen molar-refractivity contribution in [3.63, 3.8) is 0 Å². The van der Waals surface area contributed by atoms with E-state index >= 15 is 0 Å². The molecule has 0 spiro atoms. The molecule has 6 heteroatoms. The average Bonchev–Trinajstić information content (AvgIpc) is 3.00. The minimum Gasteiger partial charge on any atom is -0.492 e. The molecule has 0 aliphatic carbocycles. The fourth-order valence-corrected chi connectivity index (χ4v) is 3.25. The lowest BCUT2D eigenvalue weighted by Crippen LogP contribution is -2.40. The number of carbonyl (C=O) groups is 2. The highest BCUT2D eigenvalue weighted by molar-refractivity contribution is 6.32. The highest BCUT2D eigenvalue weighted by Crippen LogP contribution is 2.38. The summed E-state index contributed by atoms with van der Waals surface area (Å²) in [7, 11) is 0. The molecule has 1 unspecified atom stereocenters. The Morgan fingerprint density at radius 3 is 2.67 bits per heavy atom. The molecule has 24 heavy (non-hydrogen) atoms. The molecule has 1 amide bonds. The zero-order chi connectivity index (χ0) is 17.7. The molecule has 1 aromatic carbocycles. The molecule has 2 rings (SSSR count). The van der Waals surface area contributed by atoms with Crippen molar-refractivity contribution in [2.45, 2.75) is 33.1 Å². The molecule has 5 nitrogen and oxygen atoms in total. The van der Waals surface area contributed by atoms with E-state index in [2.05, 4.69) is 0 Å². The van der Waals surface area contributed by atoms with E-state index in [0.29, 0.717) is 49.7 Å². The number of rotatable bonds is 7. The van der Waals surface area contributed by atoms with Crippen LogP contribution in [0.25, 0.3) is 0 Å². The monoisotopic (exact) mass is 353 g/mol. The van der Waals surface area contributed by atoms with Crippen LogP contribution in [0.2, 0.25) is 5.02 Å². The van der Waals surface area contributed by atoms with Gasteiger partial charge in [0.05, 0.1) is 17.0 Å². The molecule has 1 aliphatic heterocycles. The average molecular weight is 354 g/mol. The molecule has 0 saturated carbocycles. The van der Waals surface area contributed by atoms with E-state index in [1.165, 1.54) is 0 Å². The molecule has 1 atom stereocenters. The molecule has 1 N–H and O–H groups in total. The second-order valence-electron chi connectivity index (χ2n) is 6.56. The molecule has 1 saturated heterocycles. The Balaban J connectivity index is 1.80. The van der Waals surface area contributed by atoms with Gasteiger partial charge in [-0.15, -0.1) is 0 Å². The predicted octanol–water partition coefficient (Wildman–Crippen LogP) is 3.46. The Labute approximate surface area is 147 Å². The molecule has 1 fully saturated rings. The van der Waals surface area contributed by atoms with Gasteiger partial charge in [0, 0.05) is 19.5 Å². The number of hydrogen-bond acceptors (Lipinski definition) is 3. The second kappa shape index (κ2) is 7.88. The zero-order valence-corrected chi connectivity index (χ0v) is 14.9. The van der Waals surface area contributed by atoms with Gasteiger partial charge < -0.3 is 14.7 Å². The van der Waals surface area contributed by atoms with E-state index in [-0.39, 0.29) is 11.8 Å². The van der Waals surface area contributed by atoms with Gasteiger partial charge in [-0.3, -0.25) is 9.59 Å².